The third-order valence-electron chi connectivity index (χ3n) is 19.2. The maximum atomic E-state index is 12.9. The quantitative estimate of drug-likeness (QED) is 0.0818. The highest BCUT2D eigenvalue weighted by atomic mass is 16.5. The molecule has 3 aliphatic carbocycles. The number of likely N-dealkylation sites (N-methyl/N-ethyl adjacent to an activating group) is 3. The van der Waals surface area contributed by atoms with Crippen LogP contribution in [0.1, 0.15) is 165 Å². The molecule has 3 aliphatic heterocycles. The van der Waals surface area contributed by atoms with Crippen LogP contribution in [0, 0.1) is 35.5 Å². The third kappa shape index (κ3) is 13.6. The van der Waals surface area contributed by atoms with Crippen LogP contribution in [0.25, 0.3) is 17.1 Å². The van der Waals surface area contributed by atoms with Crippen molar-refractivity contribution in [3.05, 3.63) is 196 Å². The summed E-state index contributed by atoms with van der Waals surface area (Å²) < 4.78 is 16.2. The van der Waals surface area contributed by atoms with Crippen molar-refractivity contribution >= 4 is 35.5 Å². The normalized spacial score (nSPS) is 21.6. The summed E-state index contributed by atoms with van der Waals surface area (Å²) in [5, 5.41) is 58.8. The first-order valence-corrected chi connectivity index (χ1v) is 33.6. The average Bonchev–Trinajstić information content (AvgIpc) is 1.49. The monoisotopic (exact) mass is 1380 g/mol. The molecule has 0 spiro atoms. The fraction of sp³-hybridized carbons (Fsp3) is 0.351. The third-order valence-corrected chi connectivity index (χ3v) is 19.2. The van der Waals surface area contributed by atoms with E-state index in [0.29, 0.717) is 42.0 Å². The van der Waals surface area contributed by atoms with Crippen molar-refractivity contribution in [2.24, 2.45) is 11.5 Å². The minimum Gasteiger partial charge on any atom is -0.461 e. The first-order valence-electron chi connectivity index (χ1n) is 33.6. The molecule has 0 radical (unpaired) electrons. The van der Waals surface area contributed by atoms with Gasteiger partial charge in [-0.2, -0.15) is 30.6 Å². The number of aromatic nitrogens is 12. The molecule has 6 aromatic heterocycles. The predicted octanol–water partition coefficient (Wildman–Crippen LogP) is 4.35. The number of aliphatic hydroxyl groups is 3. The van der Waals surface area contributed by atoms with Gasteiger partial charge in [0, 0.05) is 131 Å². The minimum absolute atomic E-state index is 0. The first kappa shape index (κ1) is 70.1. The number of primary amides is 2. The Morgan fingerprint density at radius 2 is 0.814 bits per heavy atom. The molecular weight excluding hydrogens is 1300 g/mol. The highest BCUT2D eigenvalue weighted by molar-refractivity contribution is 5.95. The van der Waals surface area contributed by atoms with Gasteiger partial charge in [0.1, 0.15) is 0 Å². The molecular formula is C74H78N18O10. The fourth-order valence-electron chi connectivity index (χ4n) is 14.1. The number of carbonyl (C=O) groups is 6. The fourth-order valence-corrected chi connectivity index (χ4v) is 14.1. The lowest BCUT2D eigenvalue weighted by atomic mass is 9.90. The van der Waals surface area contributed by atoms with E-state index in [4.69, 9.17) is 21.3 Å². The molecule has 5 amide bonds. The van der Waals surface area contributed by atoms with Gasteiger partial charge >= 0.3 is 5.97 Å². The number of hydrogen-bond donors (Lipinski definition) is 6. The van der Waals surface area contributed by atoms with Gasteiger partial charge in [-0.25, -0.2) is 18.8 Å². The summed E-state index contributed by atoms with van der Waals surface area (Å²) >= 11 is 0. The molecule has 28 heteroatoms. The Hall–Kier alpha value is -11.7. The van der Waals surface area contributed by atoms with E-state index in [1.807, 2.05) is 111 Å². The molecule has 0 saturated carbocycles. The molecule has 524 valence electrons. The number of rotatable bonds is 10. The molecule has 3 aromatic carbocycles. The highest BCUT2D eigenvalue weighted by Gasteiger charge is 2.45. The van der Waals surface area contributed by atoms with E-state index in [-0.39, 0.29) is 79.3 Å². The Morgan fingerprint density at radius 1 is 0.500 bits per heavy atom. The maximum absolute atomic E-state index is 12.9. The number of likely N-dealkylation sites (tertiary alicyclic amines) is 3. The Bertz CT molecular complexity index is 4700. The number of carbonyl (C=O) groups excluding carboxylic acids is 6. The number of nitrogens with zero attached hydrogens (tertiary/aromatic N) is 15. The van der Waals surface area contributed by atoms with Crippen molar-refractivity contribution in [2.45, 2.75) is 119 Å². The number of fused-ring (bicyclic) bond motifs is 3. The average molecular weight is 1380 g/mol. The van der Waals surface area contributed by atoms with Gasteiger partial charge in [-0.3, -0.25) is 38.0 Å². The van der Waals surface area contributed by atoms with Gasteiger partial charge < -0.3 is 52.4 Å². The number of amides is 5. The SMILES string of the molecule is CCOC(=O)c1nn(-c2cccc(C#C[C@]3(O)CCN(C)C3=O)c2)c2c1C(n1cccn1)CCC2.CN1CC[C@@](O)(C#Cc2cccc(-n3nc(C(N)=O)c4c3CCC[C@@H]4n3cccn3)c2)C1=O.CN1CC[C@@](O)(C#Cc2cccc(-n3nc(C(N)=O)c4c3CCC[C@H]4n3cccn3)c2)C1=O.N. The van der Waals surface area contributed by atoms with E-state index in [1.54, 1.807) is 72.8 Å². The van der Waals surface area contributed by atoms with E-state index < -0.39 is 34.6 Å². The topological polar surface area (TPSA) is 376 Å². The molecule has 10 N–H and O–H groups in total. The van der Waals surface area contributed by atoms with E-state index in [1.165, 1.54) is 14.7 Å². The second-order valence-electron chi connectivity index (χ2n) is 25.9. The second kappa shape index (κ2) is 28.8. The zero-order valence-corrected chi connectivity index (χ0v) is 56.9. The lowest BCUT2D eigenvalue weighted by Gasteiger charge is -2.24. The van der Waals surface area contributed by atoms with Crippen LogP contribution in [-0.2, 0) is 38.4 Å². The van der Waals surface area contributed by atoms with Crippen molar-refractivity contribution < 1.29 is 48.8 Å². The second-order valence-corrected chi connectivity index (χ2v) is 25.9. The standard InChI is InChI=1S/C26H27N5O4.2C24H24N6O3.H3N/c1-3-35-24(32)23-22-20(30-15-6-14-27-30)9-5-10-21(22)31(28-23)19-8-4-7-18(17-19)11-12-26(34)13-16-29(2)25(26)33;2*1-28-14-11-24(33,23(28)32)10-9-16-5-2-6-17(15-16)30-19-8-3-7-18(29-13-4-12-26-29)20(19)21(27-30)22(25)31;/h4,6-8,14-15,17,20,34H,3,5,9-10,13,16H2,1-2H3;2*2,4-6,12-13,15,18,33H,3,7-8,11,14H2,1H3,(H2,25,31);1H3/t20?,26-;18-,24+;18-,24-;/m010./s1. The first-order chi connectivity index (χ1) is 48.7. The Balaban J connectivity index is 0.000000144. The summed E-state index contributed by atoms with van der Waals surface area (Å²) in [7, 11) is 4.95. The smallest absolute Gasteiger partial charge is 0.359 e. The van der Waals surface area contributed by atoms with Crippen molar-refractivity contribution in [2.75, 3.05) is 47.4 Å². The molecule has 9 aromatic rings. The van der Waals surface area contributed by atoms with Crippen LogP contribution in [0.15, 0.2) is 128 Å². The van der Waals surface area contributed by atoms with Crippen LogP contribution < -0.4 is 17.6 Å². The molecule has 28 nitrogen and oxygen atoms in total. The van der Waals surface area contributed by atoms with Crippen LogP contribution in [0.4, 0.5) is 0 Å². The minimum atomic E-state index is -1.66. The van der Waals surface area contributed by atoms with Crippen LogP contribution in [0.3, 0.4) is 0 Å². The number of ether oxygens (including phenoxy) is 1. The lowest BCUT2D eigenvalue weighted by Crippen LogP contribution is -2.37. The van der Waals surface area contributed by atoms with Crippen LogP contribution >= 0.6 is 0 Å². The van der Waals surface area contributed by atoms with Gasteiger partial charge in [0.15, 0.2) is 17.1 Å². The number of hydrogen-bond acceptors (Lipinski definition) is 17. The number of nitrogens with two attached hydrogens (primary N) is 2. The molecule has 15 rings (SSSR count). The van der Waals surface area contributed by atoms with E-state index >= 15 is 0 Å². The molecule has 0 bridgehead atoms. The van der Waals surface area contributed by atoms with Gasteiger partial charge in [-0.1, -0.05) is 53.7 Å². The Kier molecular flexibility index (Phi) is 19.8. The van der Waals surface area contributed by atoms with Gasteiger partial charge in [0.2, 0.25) is 16.8 Å². The van der Waals surface area contributed by atoms with Crippen LogP contribution in [0.5, 0.6) is 0 Å². The van der Waals surface area contributed by atoms with Crippen molar-refractivity contribution in [1.29, 1.82) is 0 Å². The Labute approximate surface area is 587 Å². The van der Waals surface area contributed by atoms with E-state index in [0.717, 1.165) is 109 Å². The number of benzene rings is 3. The zero-order chi connectivity index (χ0) is 70.9. The maximum Gasteiger partial charge on any atom is 0.359 e. The van der Waals surface area contributed by atoms with E-state index in [9.17, 15) is 44.1 Å². The molecule has 102 heavy (non-hydrogen) atoms. The largest absolute Gasteiger partial charge is 0.461 e. The van der Waals surface area contributed by atoms with Crippen molar-refractivity contribution in [3.63, 3.8) is 0 Å². The molecule has 6 atom stereocenters. The van der Waals surface area contributed by atoms with Crippen molar-refractivity contribution in [3.8, 4) is 52.6 Å². The van der Waals surface area contributed by atoms with Crippen LogP contribution in [0.2, 0.25) is 0 Å². The van der Waals surface area contributed by atoms with Gasteiger partial charge in [0.25, 0.3) is 29.5 Å². The molecule has 3 fully saturated rings. The molecule has 3 saturated heterocycles. The van der Waals surface area contributed by atoms with E-state index in [2.05, 4.69) is 61.0 Å². The molecule has 9 heterocycles. The summed E-state index contributed by atoms with van der Waals surface area (Å²) in [6.45, 7) is 3.44. The Morgan fingerprint density at radius 3 is 1.09 bits per heavy atom. The van der Waals surface area contributed by atoms with Gasteiger partial charge in [-0.05, 0) is 138 Å². The van der Waals surface area contributed by atoms with Gasteiger partial charge in [-0.15, -0.1) is 0 Å². The van der Waals surface area contributed by atoms with Crippen molar-refractivity contribution in [1.82, 2.24) is 79.5 Å². The summed E-state index contributed by atoms with van der Waals surface area (Å²) in [6, 6.07) is 27.3. The molecule has 6 aliphatic rings. The summed E-state index contributed by atoms with van der Waals surface area (Å²) in [5.74, 6) is 14.3. The predicted molar refractivity (Wildman–Crippen MR) is 371 cm³/mol. The van der Waals surface area contributed by atoms with Gasteiger partial charge in [0.05, 0.1) is 58.9 Å². The number of esters is 1. The summed E-state index contributed by atoms with van der Waals surface area (Å²) in [4.78, 5) is 78.5. The zero-order valence-electron chi connectivity index (χ0n) is 56.9. The lowest BCUT2D eigenvalue weighted by molar-refractivity contribution is -0.138. The molecule has 1 unspecified atom stereocenters. The highest BCUT2D eigenvalue weighted by Crippen LogP contribution is 2.40. The summed E-state index contributed by atoms with van der Waals surface area (Å²) in [5.41, 5.74) is 16.6. The summed E-state index contributed by atoms with van der Waals surface area (Å²) in [6.07, 6.45) is 19.2. The van der Waals surface area contributed by atoms with Crippen LogP contribution in [-0.4, -0.2) is 188 Å².